The number of sulfonamides is 1. The van der Waals surface area contributed by atoms with E-state index in [-0.39, 0.29) is 30.3 Å². The fourth-order valence-corrected chi connectivity index (χ4v) is 5.65. The molecule has 0 bridgehead atoms. The Bertz CT molecular complexity index is 1440. The Kier molecular flexibility index (Phi) is 9.31. The lowest BCUT2D eigenvalue weighted by Crippen LogP contribution is -2.53. The molecule has 2 amide bonds. The van der Waals surface area contributed by atoms with Crippen LogP contribution in [-0.4, -0.2) is 63.7 Å². The SMILES string of the molecule is CCS(=O)(=O)N(CC(=O)N(Cc1ccccc1C)[C@@H](Cc1ccccc1)C(=O)NC)c1ccc2c(c1)OCCO2. The number of hydrogen-bond donors (Lipinski definition) is 1. The molecule has 212 valence electrons. The van der Waals surface area contributed by atoms with Crippen LogP contribution in [0.5, 0.6) is 11.5 Å². The molecule has 10 heteroatoms. The normalized spacial score (nSPS) is 13.3. The Balaban J connectivity index is 1.74. The Morgan fingerprint density at radius 3 is 2.30 bits per heavy atom. The summed E-state index contributed by atoms with van der Waals surface area (Å²) in [7, 11) is -2.34. The lowest BCUT2D eigenvalue weighted by Gasteiger charge is -2.34. The number of carbonyl (C=O) groups excluding carboxylic acids is 2. The number of carbonyl (C=O) groups is 2. The number of aryl methyl sites for hydroxylation is 1. The van der Waals surface area contributed by atoms with Gasteiger partial charge in [0.2, 0.25) is 21.8 Å². The van der Waals surface area contributed by atoms with Gasteiger partial charge in [-0.15, -0.1) is 0 Å². The summed E-state index contributed by atoms with van der Waals surface area (Å²) in [6.45, 7) is 3.86. The molecule has 3 aromatic carbocycles. The van der Waals surface area contributed by atoms with Crippen LogP contribution in [0.4, 0.5) is 5.69 Å². The van der Waals surface area contributed by atoms with Crippen molar-refractivity contribution >= 4 is 27.5 Å². The van der Waals surface area contributed by atoms with Gasteiger partial charge in [0.15, 0.2) is 11.5 Å². The molecule has 4 rings (SSSR count). The number of likely N-dealkylation sites (N-methyl/N-ethyl adjacent to an activating group) is 1. The van der Waals surface area contributed by atoms with Gasteiger partial charge in [0, 0.05) is 26.1 Å². The molecule has 0 saturated carbocycles. The molecule has 9 nitrogen and oxygen atoms in total. The van der Waals surface area contributed by atoms with Crippen molar-refractivity contribution in [3.8, 4) is 11.5 Å². The predicted octanol–water partition coefficient (Wildman–Crippen LogP) is 3.31. The second kappa shape index (κ2) is 12.9. The van der Waals surface area contributed by atoms with Crippen LogP contribution in [0.15, 0.2) is 72.8 Å². The molecule has 1 heterocycles. The second-order valence-electron chi connectivity index (χ2n) is 9.50. The zero-order valence-electron chi connectivity index (χ0n) is 23.0. The van der Waals surface area contributed by atoms with Gasteiger partial charge in [-0.25, -0.2) is 8.42 Å². The van der Waals surface area contributed by atoms with Crippen LogP contribution in [0.3, 0.4) is 0 Å². The lowest BCUT2D eigenvalue weighted by atomic mass is 10.0. The molecule has 0 fully saturated rings. The Hall–Kier alpha value is -4.05. The first-order valence-electron chi connectivity index (χ1n) is 13.2. The van der Waals surface area contributed by atoms with Crippen LogP contribution in [-0.2, 0) is 32.6 Å². The number of amides is 2. The minimum Gasteiger partial charge on any atom is -0.486 e. The van der Waals surface area contributed by atoms with E-state index in [9.17, 15) is 18.0 Å². The molecule has 40 heavy (non-hydrogen) atoms. The van der Waals surface area contributed by atoms with Crippen LogP contribution in [0.25, 0.3) is 0 Å². The van der Waals surface area contributed by atoms with Gasteiger partial charge in [-0.2, -0.15) is 0 Å². The molecular weight excluding hydrogens is 530 g/mol. The van der Waals surface area contributed by atoms with Crippen LogP contribution in [0.1, 0.15) is 23.6 Å². The maximum Gasteiger partial charge on any atom is 0.244 e. The summed E-state index contributed by atoms with van der Waals surface area (Å²) < 4.78 is 38.9. The standard InChI is InChI=1S/C30H35N3O6S/c1-4-40(36,37)33(25-14-15-27-28(19-25)39-17-16-38-27)21-29(34)32(20-24-13-9-8-10-22(24)2)26(30(35)31-3)18-23-11-6-5-7-12-23/h5-15,19,26H,4,16-18,20-21H2,1-3H3,(H,31,35)/t26-/m0/s1. The molecule has 0 unspecified atom stereocenters. The molecule has 1 atom stereocenters. The zero-order valence-corrected chi connectivity index (χ0v) is 23.8. The number of fused-ring (bicyclic) bond motifs is 1. The van der Waals surface area contributed by atoms with E-state index in [1.807, 2.05) is 61.5 Å². The van der Waals surface area contributed by atoms with E-state index in [0.717, 1.165) is 21.0 Å². The van der Waals surface area contributed by atoms with E-state index in [1.165, 1.54) is 18.9 Å². The van der Waals surface area contributed by atoms with Gasteiger partial charge in [-0.05, 0) is 42.7 Å². The third-order valence-electron chi connectivity index (χ3n) is 6.91. The highest BCUT2D eigenvalue weighted by atomic mass is 32.2. The summed E-state index contributed by atoms with van der Waals surface area (Å²) in [5, 5.41) is 2.69. The van der Waals surface area contributed by atoms with Gasteiger partial charge in [-0.1, -0.05) is 54.6 Å². The van der Waals surface area contributed by atoms with E-state index in [4.69, 9.17) is 9.47 Å². The molecule has 1 aliphatic rings. The van der Waals surface area contributed by atoms with Crippen LogP contribution in [0, 0.1) is 6.92 Å². The van der Waals surface area contributed by atoms with Crippen molar-refractivity contribution in [2.24, 2.45) is 0 Å². The maximum absolute atomic E-state index is 14.1. The van der Waals surface area contributed by atoms with E-state index in [1.54, 1.807) is 18.2 Å². The highest BCUT2D eigenvalue weighted by Gasteiger charge is 2.33. The highest BCUT2D eigenvalue weighted by molar-refractivity contribution is 7.92. The number of anilines is 1. The number of ether oxygens (including phenoxy) is 2. The smallest absolute Gasteiger partial charge is 0.244 e. The summed E-state index contributed by atoms with van der Waals surface area (Å²) in [5.74, 6) is -0.125. The second-order valence-corrected chi connectivity index (χ2v) is 11.7. The molecular formula is C30H35N3O6S. The van der Waals surface area contributed by atoms with Crippen molar-refractivity contribution in [2.45, 2.75) is 32.9 Å². The number of benzene rings is 3. The van der Waals surface area contributed by atoms with Gasteiger partial charge in [0.25, 0.3) is 0 Å². The first-order chi connectivity index (χ1) is 19.2. The quantitative estimate of drug-likeness (QED) is 0.383. The average molecular weight is 566 g/mol. The number of hydrogen-bond acceptors (Lipinski definition) is 6. The predicted molar refractivity (Wildman–Crippen MR) is 154 cm³/mol. The van der Waals surface area contributed by atoms with Crippen molar-refractivity contribution < 1.29 is 27.5 Å². The monoisotopic (exact) mass is 565 g/mol. The Morgan fingerprint density at radius 1 is 0.950 bits per heavy atom. The molecule has 1 N–H and O–H groups in total. The first-order valence-corrected chi connectivity index (χ1v) is 14.8. The molecule has 0 aromatic heterocycles. The molecule has 0 spiro atoms. The number of nitrogens with zero attached hydrogens (tertiary/aromatic N) is 2. The first kappa shape index (κ1) is 28.9. The van der Waals surface area contributed by atoms with Crippen molar-refractivity contribution in [1.29, 1.82) is 0 Å². The minimum atomic E-state index is -3.87. The average Bonchev–Trinajstić information content (AvgIpc) is 2.98. The molecule has 0 aliphatic carbocycles. The highest BCUT2D eigenvalue weighted by Crippen LogP contribution is 2.35. The summed E-state index contributed by atoms with van der Waals surface area (Å²) in [4.78, 5) is 28.8. The maximum atomic E-state index is 14.1. The zero-order chi connectivity index (χ0) is 28.7. The van der Waals surface area contributed by atoms with E-state index >= 15 is 0 Å². The Labute approximate surface area is 235 Å². The fourth-order valence-electron chi connectivity index (χ4n) is 4.60. The van der Waals surface area contributed by atoms with E-state index < -0.39 is 28.5 Å². The summed E-state index contributed by atoms with van der Waals surface area (Å²) in [6.07, 6.45) is 0.267. The topological polar surface area (TPSA) is 105 Å². The summed E-state index contributed by atoms with van der Waals surface area (Å²) >= 11 is 0. The van der Waals surface area contributed by atoms with Gasteiger partial charge in [0.05, 0.1) is 11.4 Å². The van der Waals surface area contributed by atoms with Crippen molar-refractivity contribution in [2.75, 3.05) is 36.9 Å². The molecule has 0 radical (unpaired) electrons. The van der Waals surface area contributed by atoms with Gasteiger partial charge >= 0.3 is 0 Å². The fraction of sp³-hybridized carbons (Fsp3) is 0.333. The van der Waals surface area contributed by atoms with E-state index in [2.05, 4.69) is 5.32 Å². The van der Waals surface area contributed by atoms with Crippen LogP contribution >= 0.6 is 0 Å². The van der Waals surface area contributed by atoms with Crippen LogP contribution in [0.2, 0.25) is 0 Å². The largest absolute Gasteiger partial charge is 0.486 e. The van der Waals surface area contributed by atoms with Gasteiger partial charge < -0.3 is 19.7 Å². The molecule has 0 saturated heterocycles. The minimum absolute atomic E-state index is 0.136. The van der Waals surface area contributed by atoms with E-state index in [0.29, 0.717) is 24.7 Å². The van der Waals surface area contributed by atoms with Gasteiger partial charge in [-0.3, -0.25) is 13.9 Å². The lowest BCUT2D eigenvalue weighted by molar-refractivity contribution is -0.139. The Morgan fingerprint density at radius 2 is 1.62 bits per heavy atom. The van der Waals surface area contributed by atoms with Crippen molar-refractivity contribution in [3.05, 3.63) is 89.5 Å². The van der Waals surface area contributed by atoms with Gasteiger partial charge in [0.1, 0.15) is 25.8 Å². The molecule has 3 aromatic rings. The molecule has 1 aliphatic heterocycles. The third-order valence-corrected chi connectivity index (χ3v) is 8.65. The van der Waals surface area contributed by atoms with Crippen LogP contribution < -0.4 is 19.1 Å². The summed E-state index contributed by atoms with van der Waals surface area (Å²) in [5.41, 5.74) is 2.99. The number of nitrogens with one attached hydrogen (secondary N) is 1. The third kappa shape index (κ3) is 6.74. The van der Waals surface area contributed by atoms with Crippen molar-refractivity contribution in [1.82, 2.24) is 10.2 Å². The summed E-state index contributed by atoms with van der Waals surface area (Å²) in [6, 6.07) is 21.0. The van der Waals surface area contributed by atoms with Crippen molar-refractivity contribution in [3.63, 3.8) is 0 Å². The number of rotatable bonds is 11.